The number of nitrogens with one attached hydrogen (secondary N) is 2. The molecule has 4 N–H and O–H groups in total. The SMILES string of the molecule is NCC1C2CN(C3COc4cc(-n5ccc(NC(=O)N6CCNCC6)nc5=O)ccc4C3)CC12. The molecule has 180 valence electrons. The van der Waals surface area contributed by atoms with Gasteiger partial charge in [0.25, 0.3) is 0 Å². The molecule has 1 saturated carbocycles. The Bertz CT molecular complexity index is 1130. The molecule has 2 amide bonds. The van der Waals surface area contributed by atoms with Crippen molar-refractivity contribution in [3.8, 4) is 11.4 Å². The van der Waals surface area contributed by atoms with Crippen LogP contribution < -0.4 is 26.8 Å². The number of nitrogens with zero attached hydrogens (tertiary/aromatic N) is 4. The van der Waals surface area contributed by atoms with Gasteiger partial charge in [-0.3, -0.25) is 14.8 Å². The zero-order chi connectivity index (χ0) is 23.2. The Kier molecular flexibility index (Phi) is 5.51. The first-order chi connectivity index (χ1) is 16.6. The van der Waals surface area contributed by atoms with E-state index in [0.717, 1.165) is 68.2 Å². The Labute approximate surface area is 198 Å². The highest BCUT2D eigenvalue weighted by molar-refractivity contribution is 5.88. The van der Waals surface area contributed by atoms with E-state index < -0.39 is 5.69 Å². The van der Waals surface area contributed by atoms with Crippen molar-refractivity contribution in [1.29, 1.82) is 0 Å². The van der Waals surface area contributed by atoms with Gasteiger partial charge in [0.1, 0.15) is 18.2 Å². The summed E-state index contributed by atoms with van der Waals surface area (Å²) in [6.45, 7) is 6.52. The van der Waals surface area contributed by atoms with Crippen LogP contribution in [0.25, 0.3) is 5.69 Å². The molecular weight excluding hydrogens is 434 g/mol. The maximum atomic E-state index is 12.7. The third-order valence-corrected chi connectivity index (χ3v) is 7.85. The highest BCUT2D eigenvalue weighted by atomic mass is 16.5. The molecule has 2 saturated heterocycles. The number of fused-ring (bicyclic) bond motifs is 2. The van der Waals surface area contributed by atoms with Gasteiger partial charge in [-0.2, -0.15) is 4.98 Å². The number of benzene rings is 1. The third kappa shape index (κ3) is 3.95. The van der Waals surface area contributed by atoms with E-state index >= 15 is 0 Å². The second-order valence-corrected chi connectivity index (χ2v) is 9.77. The number of carbonyl (C=O) groups excluding carboxylic acids is 1. The number of piperidine rings is 1. The van der Waals surface area contributed by atoms with Crippen LogP contribution in [0.3, 0.4) is 0 Å². The summed E-state index contributed by atoms with van der Waals surface area (Å²) in [5.41, 5.74) is 7.26. The number of urea groups is 1. The van der Waals surface area contributed by atoms with Gasteiger partial charge in [-0.15, -0.1) is 0 Å². The summed E-state index contributed by atoms with van der Waals surface area (Å²) < 4.78 is 7.60. The lowest BCUT2D eigenvalue weighted by Gasteiger charge is -2.34. The largest absolute Gasteiger partial charge is 0.492 e. The molecule has 2 aromatic rings. The van der Waals surface area contributed by atoms with Crippen LogP contribution in [-0.2, 0) is 6.42 Å². The number of piperazine rings is 1. The molecule has 10 nitrogen and oxygen atoms in total. The van der Waals surface area contributed by atoms with Crippen LogP contribution in [0.1, 0.15) is 5.56 Å². The van der Waals surface area contributed by atoms with Gasteiger partial charge in [-0.25, -0.2) is 9.59 Å². The smallest absolute Gasteiger partial charge is 0.354 e. The fraction of sp³-hybridized carbons (Fsp3) is 0.542. The van der Waals surface area contributed by atoms with E-state index in [1.165, 1.54) is 4.57 Å². The molecule has 0 bridgehead atoms. The summed E-state index contributed by atoms with van der Waals surface area (Å²) >= 11 is 0. The Morgan fingerprint density at radius 1 is 1.21 bits per heavy atom. The fourth-order valence-electron chi connectivity index (χ4n) is 5.78. The minimum atomic E-state index is -0.447. The predicted molar refractivity (Wildman–Crippen MR) is 127 cm³/mol. The maximum absolute atomic E-state index is 12.7. The van der Waals surface area contributed by atoms with Crippen molar-refractivity contribution in [1.82, 2.24) is 24.7 Å². The number of rotatable bonds is 4. The van der Waals surface area contributed by atoms with Crippen LogP contribution in [0.5, 0.6) is 5.75 Å². The van der Waals surface area contributed by atoms with E-state index in [2.05, 4.69) is 20.5 Å². The van der Waals surface area contributed by atoms with Gasteiger partial charge < -0.3 is 20.7 Å². The molecule has 0 radical (unpaired) electrons. The van der Waals surface area contributed by atoms with Crippen LogP contribution >= 0.6 is 0 Å². The quantitative estimate of drug-likeness (QED) is 0.587. The first-order valence-electron chi connectivity index (χ1n) is 12.2. The summed E-state index contributed by atoms with van der Waals surface area (Å²) in [5, 5.41) is 5.93. The number of nitrogens with two attached hydrogens (primary N) is 1. The zero-order valence-electron chi connectivity index (χ0n) is 19.2. The van der Waals surface area contributed by atoms with E-state index in [1.54, 1.807) is 17.2 Å². The number of carbonyl (C=O) groups is 1. The van der Waals surface area contributed by atoms with Gasteiger partial charge in [0.15, 0.2) is 0 Å². The number of aromatic nitrogens is 2. The van der Waals surface area contributed by atoms with Gasteiger partial charge >= 0.3 is 11.7 Å². The van der Waals surface area contributed by atoms with E-state index in [1.807, 2.05) is 18.2 Å². The second kappa shape index (κ2) is 8.68. The maximum Gasteiger partial charge on any atom is 0.354 e. The minimum Gasteiger partial charge on any atom is -0.492 e. The topological polar surface area (TPSA) is 118 Å². The highest BCUT2D eigenvalue weighted by Gasteiger charge is 2.55. The van der Waals surface area contributed by atoms with Gasteiger partial charge in [0.2, 0.25) is 0 Å². The standard InChI is InChI=1S/C24H31N7O3/c25-11-18-19-12-30(13-20(18)19)17-9-15-1-2-16(10-21(15)34-14-17)31-6-3-22(28-24(31)33)27-23(32)29-7-4-26-5-8-29/h1-3,6,10,17-20,26H,4-5,7-9,11-14,25H2,(H,27,28,32,33). The van der Waals surface area contributed by atoms with Crippen LogP contribution in [0, 0.1) is 17.8 Å². The van der Waals surface area contributed by atoms with Crippen LogP contribution in [0.2, 0.25) is 0 Å². The van der Waals surface area contributed by atoms with Crippen molar-refractivity contribution >= 4 is 11.8 Å². The molecular formula is C24H31N7O3. The molecule has 3 fully saturated rings. The first kappa shape index (κ1) is 21.6. The van der Waals surface area contributed by atoms with Crippen LogP contribution in [0.15, 0.2) is 35.3 Å². The average Bonchev–Trinajstić information content (AvgIpc) is 3.34. The fourth-order valence-corrected chi connectivity index (χ4v) is 5.78. The zero-order valence-corrected chi connectivity index (χ0v) is 19.2. The second-order valence-electron chi connectivity index (χ2n) is 9.77. The van der Waals surface area contributed by atoms with Crippen LogP contribution in [0.4, 0.5) is 10.6 Å². The molecule has 1 aliphatic carbocycles. The van der Waals surface area contributed by atoms with Crippen molar-refractivity contribution in [3.63, 3.8) is 0 Å². The van der Waals surface area contributed by atoms with Crippen LogP contribution in [-0.4, -0.2) is 83.8 Å². The van der Waals surface area contributed by atoms with Gasteiger partial charge in [-0.1, -0.05) is 6.07 Å². The Balaban J connectivity index is 1.12. The highest BCUT2D eigenvalue weighted by Crippen LogP contribution is 2.51. The summed E-state index contributed by atoms with van der Waals surface area (Å²) in [6, 6.07) is 7.68. The third-order valence-electron chi connectivity index (χ3n) is 7.85. The van der Waals surface area contributed by atoms with Crippen molar-refractivity contribution in [2.75, 3.05) is 57.7 Å². The normalized spacial score (nSPS) is 28.1. The van der Waals surface area contributed by atoms with Crippen molar-refractivity contribution < 1.29 is 9.53 Å². The molecule has 3 aliphatic heterocycles. The first-order valence-corrected chi connectivity index (χ1v) is 12.2. The molecule has 34 heavy (non-hydrogen) atoms. The van der Waals surface area contributed by atoms with Gasteiger partial charge in [0.05, 0.1) is 5.69 Å². The minimum absolute atomic E-state index is 0.239. The lowest BCUT2D eigenvalue weighted by molar-refractivity contribution is 0.126. The van der Waals surface area contributed by atoms with E-state index in [4.69, 9.17) is 10.5 Å². The molecule has 3 unspecified atom stereocenters. The van der Waals surface area contributed by atoms with Crippen molar-refractivity contribution in [2.24, 2.45) is 23.5 Å². The molecule has 6 rings (SSSR count). The average molecular weight is 466 g/mol. The summed E-state index contributed by atoms with van der Waals surface area (Å²) in [5.74, 6) is 3.35. The molecule has 4 heterocycles. The Hall–Kier alpha value is -2.95. The lowest BCUT2D eigenvalue weighted by Crippen LogP contribution is -2.48. The molecule has 0 spiro atoms. The molecule has 10 heteroatoms. The number of hydrogen-bond donors (Lipinski definition) is 3. The lowest BCUT2D eigenvalue weighted by atomic mass is 10.0. The number of likely N-dealkylation sites (tertiary alicyclic amines) is 1. The summed E-state index contributed by atoms with van der Waals surface area (Å²) in [7, 11) is 0. The van der Waals surface area contributed by atoms with E-state index in [0.29, 0.717) is 31.4 Å². The number of anilines is 1. The molecule has 4 aliphatic rings. The molecule has 1 aromatic carbocycles. The summed E-state index contributed by atoms with van der Waals surface area (Å²) in [4.78, 5) is 33.4. The van der Waals surface area contributed by atoms with Crippen molar-refractivity contribution in [2.45, 2.75) is 12.5 Å². The Morgan fingerprint density at radius 2 is 2.00 bits per heavy atom. The number of amides is 2. The number of hydrogen-bond acceptors (Lipinski definition) is 7. The predicted octanol–water partition coefficient (Wildman–Crippen LogP) is 0.110. The molecule has 3 atom stereocenters. The van der Waals surface area contributed by atoms with Gasteiger partial charge in [-0.05, 0) is 48.4 Å². The Morgan fingerprint density at radius 3 is 2.74 bits per heavy atom. The summed E-state index contributed by atoms with van der Waals surface area (Å²) in [6.07, 6.45) is 2.59. The van der Waals surface area contributed by atoms with E-state index in [9.17, 15) is 9.59 Å². The van der Waals surface area contributed by atoms with Crippen molar-refractivity contribution in [3.05, 3.63) is 46.5 Å². The van der Waals surface area contributed by atoms with Gasteiger partial charge in [0, 0.05) is 57.6 Å². The molecule has 1 aromatic heterocycles. The number of ether oxygens (including phenoxy) is 1. The van der Waals surface area contributed by atoms with E-state index in [-0.39, 0.29) is 11.8 Å². The monoisotopic (exact) mass is 465 g/mol.